The van der Waals surface area contributed by atoms with Gasteiger partial charge >= 0.3 is 0 Å². The lowest BCUT2D eigenvalue weighted by molar-refractivity contribution is 0.581. The number of rotatable bonds is 6. The van der Waals surface area contributed by atoms with Gasteiger partial charge in [0.1, 0.15) is 0 Å². The van der Waals surface area contributed by atoms with E-state index in [2.05, 4.69) is 14.7 Å². The van der Waals surface area contributed by atoms with Gasteiger partial charge in [-0.2, -0.15) is 5.26 Å². The Kier molecular flexibility index (Phi) is 5.14. The van der Waals surface area contributed by atoms with Gasteiger partial charge in [-0.1, -0.05) is 17.2 Å². The maximum atomic E-state index is 11.6. The molecule has 0 aliphatic heterocycles. The van der Waals surface area contributed by atoms with Crippen molar-refractivity contribution >= 4 is 10.0 Å². The molecule has 8 heteroatoms. The molecule has 94 valence electrons. The zero-order valence-electron chi connectivity index (χ0n) is 9.44. The fourth-order valence-electron chi connectivity index (χ4n) is 1.24. The Balaban J connectivity index is 2.59. The van der Waals surface area contributed by atoms with E-state index >= 15 is 0 Å². The lowest BCUT2D eigenvalue weighted by atomic mass is 10.2. The number of azide groups is 1. The van der Waals surface area contributed by atoms with Crippen molar-refractivity contribution in [2.24, 2.45) is 5.11 Å². The van der Waals surface area contributed by atoms with Gasteiger partial charge in [0.25, 0.3) is 0 Å². The normalized spacial score (nSPS) is 10.4. The first kappa shape index (κ1) is 14.0. The molecule has 0 aliphatic carbocycles. The second-order valence-electron chi connectivity index (χ2n) is 3.42. The Labute approximate surface area is 105 Å². The maximum absolute atomic E-state index is 11.6. The highest BCUT2D eigenvalue weighted by atomic mass is 32.2. The Morgan fingerprint density at radius 3 is 2.61 bits per heavy atom. The SMILES string of the molecule is N#Cc1ccc(CS(=O)(=O)NCCN=[N+]=[N-])cc1. The lowest BCUT2D eigenvalue weighted by Gasteiger charge is -2.05. The molecule has 1 rings (SSSR count). The van der Waals surface area contributed by atoms with Crippen LogP contribution in [-0.4, -0.2) is 21.5 Å². The molecule has 0 atom stereocenters. The van der Waals surface area contributed by atoms with Crippen LogP contribution >= 0.6 is 0 Å². The van der Waals surface area contributed by atoms with Crippen molar-refractivity contribution in [3.05, 3.63) is 45.8 Å². The van der Waals surface area contributed by atoms with E-state index in [0.717, 1.165) is 0 Å². The first-order chi connectivity index (χ1) is 8.57. The summed E-state index contributed by atoms with van der Waals surface area (Å²) in [6.07, 6.45) is 0. The van der Waals surface area contributed by atoms with Gasteiger partial charge in [-0.05, 0) is 23.2 Å². The van der Waals surface area contributed by atoms with Crippen LogP contribution in [0.15, 0.2) is 29.4 Å². The largest absolute Gasteiger partial charge is 0.215 e. The van der Waals surface area contributed by atoms with Gasteiger partial charge in [-0.25, -0.2) is 13.1 Å². The van der Waals surface area contributed by atoms with Gasteiger partial charge in [0, 0.05) is 18.0 Å². The third-order valence-corrected chi connectivity index (χ3v) is 3.39. The Morgan fingerprint density at radius 2 is 2.06 bits per heavy atom. The van der Waals surface area contributed by atoms with Crippen LogP contribution in [0.1, 0.15) is 11.1 Å². The average Bonchev–Trinajstić information content (AvgIpc) is 2.35. The fraction of sp³-hybridized carbons (Fsp3) is 0.300. The van der Waals surface area contributed by atoms with Crippen molar-refractivity contribution in [1.29, 1.82) is 5.26 Å². The number of nitriles is 1. The van der Waals surface area contributed by atoms with Crippen molar-refractivity contribution in [3.8, 4) is 6.07 Å². The second-order valence-corrected chi connectivity index (χ2v) is 5.22. The molecule has 0 amide bonds. The zero-order chi connectivity index (χ0) is 13.4. The summed E-state index contributed by atoms with van der Waals surface area (Å²) < 4.78 is 25.5. The van der Waals surface area contributed by atoms with E-state index in [1.165, 1.54) is 0 Å². The molecule has 0 bridgehead atoms. The summed E-state index contributed by atoms with van der Waals surface area (Å²) in [7, 11) is -3.45. The van der Waals surface area contributed by atoms with Crippen molar-refractivity contribution < 1.29 is 8.42 Å². The number of nitrogens with one attached hydrogen (secondary N) is 1. The van der Waals surface area contributed by atoms with Gasteiger partial charge < -0.3 is 0 Å². The molecule has 18 heavy (non-hydrogen) atoms. The summed E-state index contributed by atoms with van der Waals surface area (Å²) >= 11 is 0. The van der Waals surface area contributed by atoms with E-state index in [4.69, 9.17) is 10.8 Å². The van der Waals surface area contributed by atoms with Crippen LogP contribution in [0.3, 0.4) is 0 Å². The lowest BCUT2D eigenvalue weighted by Crippen LogP contribution is -2.27. The third-order valence-electron chi connectivity index (χ3n) is 2.04. The first-order valence-electron chi connectivity index (χ1n) is 5.04. The van der Waals surface area contributed by atoms with Crippen LogP contribution in [0.25, 0.3) is 10.4 Å². The monoisotopic (exact) mass is 265 g/mol. The summed E-state index contributed by atoms with van der Waals surface area (Å²) in [5.41, 5.74) is 9.10. The van der Waals surface area contributed by atoms with Crippen LogP contribution in [-0.2, 0) is 15.8 Å². The van der Waals surface area contributed by atoms with E-state index in [1.54, 1.807) is 24.3 Å². The van der Waals surface area contributed by atoms with Gasteiger partial charge in [0.15, 0.2) is 0 Å². The van der Waals surface area contributed by atoms with Crippen LogP contribution in [0.4, 0.5) is 0 Å². The molecule has 0 fully saturated rings. The maximum Gasteiger partial charge on any atom is 0.215 e. The van der Waals surface area contributed by atoms with Crippen molar-refractivity contribution in [2.45, 2.75) is 5.75 Å². The highest BCUT2D eigenvalue weighted by Crippen LogP contribution is 2.06. The number of sulfonamides is 1. The topological polar surface area (TPSA) is 119 Å². The van der Waals surface area contributed by atoms with Crippen LogP contribution < -0.4 is 4.72 Å². The molecule has 0 saturated carbocycles. The standard InChI is InChI=1S/C10H11N5O2S/c11-7-9-1-3-10(4-2-9)8-18(16,17)14-6-5-13-15-12/h1-4,14H,5-6,8H2. The number of hydrogen-bond acceptors (Lipinski definition) is 4. The predicted molar refractivity (Wildman–Crippen MR) is 65.8 cm³/mol. The van der Waals surface area contributed by atoms with Crippen LogP contribution in [0.2, 0.25) is 0 Å². The Bertz CT molecular complexity index is 582. The Hall–Kier alpha value is -2.07. The number of hydrogen-bond donors (Lipinski definition) is 1. The quantitative estimate of drug-likeness (QED) is 0.361. The van der Waals surface area contributed by atoms with E-state index in [9.17, 15) is 8.42 Å². The second kappa shape index (κ2) is 6.61. The molecule has 7 nitrogen and oxygen atoms in total. The summed E-state index contributed by atoms with van der Waals surface area (Å²) in [4.78, 5) is 2.52. The molecule has 0 spiro atoms. The van der Waals surface area contributed by atoms with Crippen LogP contribution in [0, 0.1) is 11.3 Å². The fourth-order valence-corrected chi connectivity index (χ4v) is 2.38. The summed E-state index contributed by atoms with van der Waals surface area (Å²) in [5, 5.41) is 11.8. The van der Waals surface area contributed by atoms with Crippen molar-refractivity contribution in [3.63, 3.8) is 0 Å². The van der Waals surface area contributed by atoms with Gasteiger partial charge in [-0.3, -0.25) is 0 Å². The van der Waals surface area contributed by atoms with E-state index in [-0.39, 0.29) is 18.8 Å². The minimum Gasteiger partial charge on any atom is -0.215 e. The van der Waals surface area contributed by atoms with Crippen molar-refractivity contribution in [1.82, 2.24) is 4.72 Å². The van der Waals surface area contributed by atoms with Crippen molar-refractivity contribution in [2.75, 3.05) is 13.1 Å². The van der Waals surface area contributed by atoms with Gasteiger partial charge in [0.05, 0.1) is 17.4 Å². The van der Waals surface area contributed by atoms with Gasteiger partial charge in [-0.15, -0.1) is 0 Å². The van der Waals surface area contributed by atoms with E-state index < -0.39 is 10.0 Å². The molecule has 1 aromatic rings. The molecular formula is C10H11N5O2S. The molecule has 0 aliphatic rings. The Morgan fingerprint density at radius 1 is 1.39 bits per heavy atom. The third kappa shape index (κ3) is 4.84. The molecule has 0 aromatic heterocycles. The zero-order valence-corrected chi connectivity index (χ0v) is 10.3. The highest BCUT2D eigenvalue weighted by molar-refractivity contribution is 7.88. The molecule has 1 N–H and O–H groups in total. The first-order valence-corrected chi connectivity index (χ1v) is 6.70. The average molecular weight is 265 g/mol. The predicted octanol–water partition coefficient (Wildman–Crippen LogP) is 1.29. The molecular weight excluding hydrogens is 254 g/mol. The van der Waals surface area contributed by atoms with Gasteiger partial charge in [0.2, 0.25) is 10.0 Å². The van der Waals surface area contributed by atoms with E-state index in [1.807, 2.05) is 6.07 Å². The highest BCUT2D eigenvalue weighted by Gasteiger charge is 2.10. The number of benzene rings is 1. The minimum atomic E-state index is -3.45. The minimum absolute atomic E-state index is 0.0721. The molecule has 1 aromatic carbocycles. The molecule has 0 unspecified atom stereocenters. The van der Waals surface area contributed by atoms with Crippen LogP contribution in [0.5, 0.6) is 0 Å². The number of nitrogens with zero attached hydrogens (tertiary/aromatic N) is 4. The molecule has 0 radical (unpaired) electrons. The molecule has 0 heterocycles. The smallest absolute Gasteiger partial charge is 0.215 e. The summed E-state index contributed by atoms with van der Waals surface area (Å²) in [6, 6.07) is 8.25. The molecule has 0 saturated heterocycles. The summed E-state index contributed by atoms with van der Waals surface area (Å²) in [6.45, 7) is 0.145. The van der Waals surface area contributed by atoms with E-state index in [0.29, 0.717) is 11.1 Å². The summed E-state index contributed by atoms with van der Waals surface area (Å²) in [5.74, 6) is -0.172.